The second-order valence-electron chi connectivity index (χ2n) is 5.63. The van der Waals surface area contributed by atoms with Gasteiger partial charge in [0.15, 0.2) is 0 Å². The van der Waals surface area contributed by atoms with Gasteiger partial charge in [0, 0.05) is 36.4 Å². The molecule has 4 nitrogen and oxygen atoms in total. The topological polar surface area (TPSA) is 41.1 Å². The number of anilines is 2. The van der Waals surface area contributed by atoms with Gasteiger partial charge in [0.05, 0.1) is 0 Å². The van der Waals surface area contributed by atoms with Crippen LogP contribution in [0.3, 0.4) is 0 Å². The SMILES string of the molecule is CCCN(CCC)c1nc(C)cc(NCc2ccccc2Cl)n1. The van der Waals surface area contributed by atoms with Gasteiger partial charge in [0.1, 0.15) is 5.82 Å². The molecule has 0 bridgehead atoms. The maximum atomic E-state index is 6.20. The van der Waals surface area contributed by atoms with Gasteiger partial charge in [-0.25, -0.2) is 4.98 Å². The summed E-state index contributed by atoms with van der Waals surface area (Å²) in [4.78, 5) is 11.5. The highest BCUT2D eigenvalue weighted by Gasteiger charge is 2.10. The van der Waals surface area contributed by atoms with E-state index in [-0.39, 0.29) is 0 Å². The zero-order chi connectivity index (χ0) is 16.7. The smallest absolute Gasteiger partial charge is 0.227 e. The van der Waals surface area contributed by atoms with Gasteiger partial charge < -0.3 is 10.2 Å². The Kier molecular flexibility index (Phi) is 6.66. The molecule has 0 fully saturated rings. The average molecular weight is 333 g/mol. The fourth-order valence-electron chi connectivity index (χ4n) is 2.46. The van der Waals surface area contributed by atoms with Crippen molar-refractivity contribution in [3.05, 3.63) is 46.6 Å². The Bertz CT molecular complexity index is 624. The summed E-state index contributed by atoms with van der Waals surface area (Å²) in [5.41, 5.74) is 2.03. The summed E-state index contributed by atoms with van der Waals surface area (Å²) in [7, 11) is 0. The van der Waals surface area contributed by atoms with E-state index in [4.69, 9.17) is 11.6 Å². The second kappa shape index (κ2) is 8.73. The van der Waals surface area contributed by atoms with Crippen LogP contribution in [-0.2, 0) is 6.54 Å². The quantitative estimate of drug-likeness (QED) is 0.762. The van der Waals surface area contributed by atoms with Crippen molar-refractivity contribution in [1.29, 1.82) is 0 Å². The zero-order valence-corrected chi connectivity index (χ0v) is 14.9. The Morgan fingerprint density at radius 2 is 1.78 bits per heavy atom. The Hall–Kier alpha value is -1.81. The third kappa shape index (κ3) is 5.10. The first kappa shape index (κ1) is 17.5. The highest BCUT2D eigenvalue weighted by Crippen LogP contribution is 2.18. The summed E-state index contributed by atoms with van der Waals surface area (Å²) in [5, 5.41) is 4.13. The molecule has 0 unspecified atom stereocenters. The molecule has 0 aliphatic rings. The first-order chi connectivity index (χ1) is 11.1. The van der Waals surface area contributed by atoms with E-state index in [0.29, 0.717) is 6.54 Å². The van der Waals surface area contributed by atoms with Gasteiger partial charge in [-0.05, 0) is 31.4 Å². The van der Waals surface area contributed by atoms with Crippen LogP contribution >= 0.6 is 11.6 Å². The van der Waals surface area contributed by atoms with Crippen LogP contribution in [0.1, 0.15) is 37.9 Å². The molecule has 0 radical (unpaired) electrons. The maximum Gasteiger partial charge on any atom is 0.227 e. The lowest BCUT2D eigenvalue weighted by Crippen LogP contribution is -2.27. The number of aryl methyl sites for hydroxylation is 1. The molecule has 0 atom stereocenters. The lowest BCUT2D eigenvalue weighted by molar-refractivity contribution is 0.719. The number of nitrogens with one attached hydrogen (secondary N) is 1. The van der Waals surface area contributed by atoms with Crippen molar-refractivity contribution < 1.29 is 0 Å². The van der Waals surface area contributed by atoms with Crippen molar-refractivity contribution in [2.45, 2.75) is 40.2 Å². The minimum absolute atomic E-state index is 0.650. The molecule has 1 N–H and O–H groups in total. The largest absolute Gasteiger partial charge is 0.366 e. The fraction of sp³-hybridized carbons (Fsp3) is 0.444. The molecule has 124 valence electrons. The van der Waals surface area contributed by atoms with Crippen LogP contribution in [0, 0.1) is 6.92 Å². The standard InChI is InChI=1S/C18H25ClN4/c1-4-10-23(11-5-2)18-21-14(3)12-17(22-18)20-13-15-8-6-7-9-16(15)19/h6-9,12H,4-5,10-11,13H2,1-3H3,(H,20,21,22). The van der Waals surface area contributed by atoms with E-state index in [1.165, 1.54) is 0 Å². The maximum absolute atomic E-state index is 6.20. The van der Waals surface area contributed by atoms with Gasteiger partial charge in [-0.3, -0.25) is 0 Å². The monoisotopic (exact) mass is 332 g/mol. The van der Waals surface area contributed by atoms with E-state index >= 15 is 0 Å². The van der Waals surface area contributed by atoms with Crippen LogP contribution in [0.15, 0.2) is 30.3 Å². The van der Waals surface area contributed by atoms with E-state index in [9.17, 15) is 0 Å². The summed E-state index contributed by atoms with van der Waals surface area (Å²) in [6.07, 6.45) is 2.17. The predicted octanol–water partition coefficient (Wildman–Crippen LogP) is 4.68. The first-order valence-corrected chi connectivity index (χ1v) is 8.59. The molecular formula is C18H25ClN4. The van der Waals surface area contributed by atoms with Gasteiger partial charge in [0.25, 0.3) is 0 Å². The van der Waals surface area contributed by atoms with E-state index < -0.39 is 0 Å². The summed E-state index contributed by atoms with van der Waals surface area (Å²) in [6.45, 7) is 8.95. The lowest BCUT2D eigenvalue weighted by atomic mass is 10.2. The van der Waals surface area contributed by atoms with Gasteiger partial charge in [-0.15, -0.1) is 0 Å². The molecule has 0 spiro atoms. The van der Waals surface area contributed by atoms with Crippen molar-refractivity contribution in [1.82, 2.24) is 9.97 Å². The highest BCUT2D eigenvalue weighted by atomic mass is 35.5. The number of nitrogens with zero attached hydrogens (tertiary/aromatic N) is 3. The fourth-order valence-corrected chi connectivity index (χ4v) is 2.67. The van der Waals surface area contributed by atoms with Crippen LogP contribution in [0.4, 0.5) is 11.8 Å². The van der Waals surface area contributed by atoms with Crippen molar-refractivity contribution in [3.8, 4) is 0 Å². The number of hydrogen-bond donors (Lipinski definition) is 1. The summed E-state index contributed by atoms with van der Waals surface area (Å²) >= 11 is 6.20. The zero-order valence-electron chi connectivity index (χ0n) is 14.1. The number of hydrogen-bond acceptors (Lipinski definition) is 4. The van der Waals surface area contributed by atoms with Crippen LogP contribution in [0.2, 0.25) is 5.02 Å². The van der Waals surface area contributed by atoms with Crippen LogP contribution < -0.4 is 10.2 Å². The highest BCUT2D eigenvalue weighted by molar-refractivity contribution is 6.31. The molecule has 1 heterocycles. The van der Waals surface area contributed by atoms with Crippen molar-refractivity contribution in [2.75, 3.05) is 23.3 Å². The third-order valence-corrected chi connectivity index (χ3v) is 3.90. The van der Waals surface area contributed by atoms with Crippen LogP contribution in [0.25, 0.3) is 0 Å². The number of halogens is 1. The van der Waals surface area contributed by atoms with Crippen molar-refractivity contribution >= 4 is 23.4 Å². The summed E-state index contributed by atoms with van der Waals surface area (Å²) < 4.78 is 0. The van der Waals surface area contributed by atoms with E-state index in [1.54, 1.807) is 0 Å². The molecule has 1 aromatic carbocycles. The number of benzene rings is 1. The molecule has 2 rings (SSSR count). The molecule has 23 heavy (non-hydrogen) atoms. The molecule has 0 aliphatic carbocycles. The average Bonchev–Trinajstić information content (AvgIpc) is 2.53. The molecule has 1 aromatic heterocycles. The first-order valence-electron chi connectivity index (χ1n) is 8.22. The molecule has 5 heteroatoms. The predicted molar refractivity (Wildman–Crippen MR) is 98.3 cm³/mol. The van der Waals surface area contributed by atoms with Gasteiger partial charge in [-0.2, -0.15) is 4.98 Å². The lowest BCUT2D eigenvalue weighted by Gasteiger charge is -2.22. The normalized spacial score (nSPS) is 10.6. The second-order valence-corrected chi connectivity index (χ2v) is 6.03. The third-order valence-electron chi connectivity index (χ3n) is 3.53. The Morgan fingerprint density at radius 1 is 1.09 bits per heavy atom. The number of rotatable bonds is 8. The van der Waals surface area contributed by atoms with Crippen molar-refractivity contribution in [2.24, 2.45) is 0 Å². The van der Waals surface area contributed by atoms with Crippen LogP contribution in [-0.4, -0.2) is 23.1 Å². The molecular weight excluding hydrogens is 308 g/mol. The molecule has 0 aliphatic heterocycles. The van der Waals surface area contributed by atoms with E-state index in [2.05, 4.69) is 34.0 Å². The molecule has 0 saturated carbocycles. The minimum atomic E-state index is 0.650. The Labute approximate surface area is 143 Å². The number of aromatic nitrogens is 2. The van der Waals surface area contributed by atoms with Crippen LogP contribution in [0.5, 0.6) is 0 Å². The minimum Gasteiger partial charge on any atom is -0.366 e. The van der Waals surface area contributed by atoms with E-state index in [1.807, 2.05) is 37.3 Å². The molecule has 0 saturated heterocycles. The molecule has 0 amide bonds. The Balaban J connectivity index is 2.14. The van der Waals surface area contributed by atoms with Gasteiger partial charge in [-0.1, -0.05) is 43.6 Å². The van der Waals surface area contributed by atoms with Gasteiger partial charge in [0.2, 0.25) is 5.95 Å². The van der Waals surface area contributed by atoms with E-state index in [0.717, 1.165) is 54.0 Å². The Morgan fingerprint density at radius 3 is 2.43 bits per heavy atom. The van der Waals surface area contributed by atoms with Crippen molar-refractivity contribution in [3.63, 3.8) is 0 Å². The summed E-state index contributed by atoms with van der Waals surface area (Å²) in [6, 6.07) is 9.82. The molecule has 2 aromatic rings. The summed E-state index contributed by atoms with van der Waals surface area (Å²) in [5.74, 6) is 1.64. The van der Waals surface area contributed by atoms with Gasteiger partial charge >= 0.3 is 0 Å².